The Morgan fingerprint density at radius 2 is 1.60 bits per heavy atom. The van der Waals surface area contributed by atoms with E-state index in [2.05, 4.69) is 20.9 Å². The lowest BCUT2D eigenvalue weighted by Crippen LogP contribution is -2.03. The Balaban J connectivity index is 0.000000216. The average Bonchev–Trinajstić information content (AvgIpc) is 3.13. The molecule has 30 heavy (non-hydrogen) atoms. The number of nitrogens with zero attached hydrogens (tertiary/aromatic N) is 1. The van der Waals surface area contributed by atoms with Crippen LogP contribution in [0.4, 0.5) is 5.13 Å². The molecule has 0 bridgehead atoms. The number of nitrogens with two attached hydrogens (primary N) is 1. The number of hydrogen-bond donors (Lipinski definition) is 1. The molecule has 2 N–H and O–H groups in total. The Kier molecular flexibility index (Phi) is 9.53. The predicted molar refractivity (Wildman–Crippen MR) is 130 cm³/mol. The second-order valence-electron chi connectivity index (χ2n) is 5.56. The Bertz CT molecular complexity index is 1060. The number of anilines is 1. The number of alkyl halides is 1. The van der Waals surface area contributed by atoms with E-state index in [4.69, 9.17) is 61.6 Å². The number of nitrogen functional groups attached to an aromatic ring is 1. The summed E-state index contributed by atoms with van der Waals surface area (Å²) in [6.07, 6.45) is 0. The van der Waals surface area contributed by atoms with Crippen LogP contribution in [0.15, 0.2) is 29.6 Å². The molecule has 0 saturated carbocycles. The van der Waals surface area contributed by atoms with Crippen LogP contribution in [0.1, 0.15) is 10.4 Å². The Labute approximate surface area is 206 Å². The third-order valence-corrected chi connectivity index (χ3v) is 5.83. The lowest BCUT2D eigenvalue weighted by molar-refractivity contribution is 0.102. The second kappa shape index (κ2) is 11.4. The number of benzene rings is 2. The summed E-state index contributed by atoms with van der Waals surface area (Å²) in [5.74, 6) is 0.795. The zero-order valence-electron chi connectivity index (χ0n) is 15.6. The number of carbonyl (C=O) groups is 1. The van der Waals surface area contributed by atoms with Crippen molar-refractivity contribution in [2.24, 2.45) is 0 Å². The normalized spacial score (nSPS) is 10.2. The molecule has 0 fully saturated rings. The van der Waals surface area contributed by atoms with E-state index < -0.39 is 0 Å². The first kappa shape index (κ1) is 25.0. The Hall–Kier alpha value is -1.22. The van der Waals surface area contributed by atoms with Crippen molar-refractivity contribution in [3.05, 3.63) is 55.3 Å². The number of Topliss-reactive ketones (excluding diaryl/α,β-unsaturated/α-hetero) is 1. The molecule has 5 nitrogen and oxygen atoms in total. The monoisotopic (exact) mass is 570 g/mol. The standard InChI is InChI=1S/C10H8Cl2N2OS.C9H7BrCl2O2/c1-15-9-6(2-5(11)3-7(9)12)8-4-16-10(13)14-8;1-14-9-6(8(13)4-10)2-5(11)3-7(9)12/h2-4H,1H3,(H2,13,14);2-3H,4H2,1H3. The van der Waals surface area contributed by atoms with Crippen molar-refractivity contribution in [2.45, 2.75) is 0 Å². The number of carbonyl (C=O) groups excluding carboxylic acids is 1. The molecule has 3 rings (SSSR count). The third-order valence-electron chi connectivity index (χ3n) is 3.64. The van der Waals surface area contributed by atoms with E-state index >= 15 is 0 Å². The maximum absolute atomic E-state index is 11.5. The van der Waals surface area contributed by atoms with Crippen LogP contribution >= 0.6 is 73.7 Å². The van der Waals surface area contributed by atoms with Crippen LogP contribution in [-0.2, 0) is 0 Å². The molecule has 0 spiro atoms. The van der Waals surface area contributed by atoms with Crippen LogP contribution in [0, 0.1) is 0 Å². The quantitative estimate of drug-likeness (QED) is 0.257. The molecular formula is C19H15BrCl4N2O3S. The number of thiazole rings is 1. The van der Waals surface area contributed by atoms with Crippen LogP contribution in [0.25, 0.3) is 11.3 Å². The molecule has 1 heterocycles. The minimum Gasteiger partial charge on any atom is -0.494 e. The number of ketones is 1. The summed E-state index contributed by atoms with van der Waals surface area (Å²) in [5, 5.41) is 4.28. The van der Waals surface area contributed by atoms with Crippen molar-refractivity contribution < 1.29 is 14.3 Å². The zero-order chi connectivity index (χ0) is 22.4. The first-order valence-electron chi connectivity index (χ1n) is 8.08. The molecular weight excluding hydrogens is 558 g/mol. The SMILES string of the molecule is COc1c(Cl)cc(Cl)cc1-c1csc(N)n1.COc1c(Cl)cc(Cl)cc1C(=O)CBr. The highest BCUT2D eigenvalue weighted by Crippen LogP contribution is 2.39. The Morgan fingerprint density at radius 1 is 1.03 bits per heavy atom. The van der Waals surface area contributed by atoms with Crippen LogP contribution < -0.4 is 15.2 Å². The molecule has 3 aromatic rings. The fourth-order valence-electron chi connectivity index (χ4n) is 2.42. The number of methoxy groups -OCH3 is 2. The van der Waals surface area contributed by atoms with Crippen LogP contribution in [0.2, 0.25) is 20.1 Å². The molecule has 160 valence electrons. The van der Waals surface area contributed by atoms with Gasteiger partial charge >= 0.3 is 0 Å². The molecule has 0 saturated heterocycles. The summed E-state index contributed by atoms with van der Waals surface area (Å²) >= 11 is 28.0. The number of halogens is 5. The van der Waals surface area contributed by atoms with E-state index in [-0.39, 0.29) is 11.1 Å². The van der Waals surface area contributed by atoms with E-state index in [0.717, 1.165) is 5.56 Å². The highest BCUT2D eigenvalue weighted by molar-refractivity contribution is 9.09. The van der Waals surface area contributed by atoms with Gasteiger partial charge in [-0.25, -0.2) is 4.98 Å². The first-order valence-corrected chi connectivity index (χ1v) is 11.6. The van der Waals surface area contributed by atoms with Gasteiger partial charge in [0, 0.05) is 21.0 Å². The maximum atomic E-state index is 11.5. The number of hydrogen-bond acceptors (Lipinski definition) is 6. The first-order chi connectivity index (χ1) is 14.2. The minimum atomic E-state index is -0.119. The van der Waals surface area contributed by atoms with Gasteiger partial charge in [0.05, 0.1) is 40.9 Å². The average molecular weight is 573 g/mol. The molecule has 0 radical (unpaired) electrons. The Morgan fingerprint density at radius 3 is 2.10 bits per heavy atom. The second-order valence-corrected chi connectivity index (χ2v) is 8.70. The van der Waals surface area contributed by atoms with Gasteiger partial charge in [0.25, 0.3) is 0 Å². The number of aromatic nitrogens is 1. The largest absolute Gasteiger partial charge is 0.494 e. The molecule has 0 unspecified atom stereocenters. The van der Waals surface area contributed by atoms with Gasteiger partial charge < -0.3 is 15.2 Å². The molecule has 1 aromatic heterocycles. The molecule has 11 heteroatoms. The van der Waals surface area contributed by atoms with Crippen LogP contribution in [-0.4, -0.2) is 30.3 Å². The van der Waals surface area contributed by atoms with E-state index in [9.17, 15) is 4.79 Å². The van der Waals surface area contributed by atoms with Crippen molar-refractivity contribution in [1.29, 1.82) is 0 Å². The summed E-state index contributed by atoms with van der Waals surface area (Å²) in [4.78, 5) is 15.6. The van der Waals surface area contributed by atoms with E-state index in [1.165, 1.54) is 30.6 Å². The van der Waals surface area contributed by atoms with E-state index in [1.54, 1.807) is 19.2 Å². The number of rotatable bonds is 5. The van der Waals surface area contributed by atoms with Gasteiger partial charge in [-0.05, 0) is 24.3 Å². The van der Waals surface area contributed by atoms with Crippen molar-refractivity contribution in [2.75, 3.05) is 25.3 Å². The summed E-state index contributed by atoms with van der Waals surface area (Å²) in [6, 6.07) is 6.45. The van der Waals surface area contributed by atoms with Gasteiger partial charge in [-0.1, -0.05) is 62.3 Å². The summed E-state index contributed by atoms with van der Waals surface area (Å²) in [6.45, 7) is 0. The van der Waals surface area contributed by atoms with Crippen molar-refractivity contribution >= 4 is 84.6 Å². The predicted octanol–water partition coefficient (Wildman–Crippen LogP) is 7.29. The van der Waals surface area contributed by atoms with Gasteiger partial charge in [-0.15, -0.1) is 11.3 Å². The van der Waals surface area contributed by atoms with Crippen molar-refractivity contribution in [3.63, 3.8) is 0 Å². The van der Waals surface area contributed by atoms with Gasteiger partial charge in [-0.2, -0.15) is 0 Å². The van der Waals surface area contributed by atoms with E-state index in [0.29, 0.717) is 48.0 Å². The molecule has 0 atom stereocenters. The zero-order valence-corrected chi connectivity index (χ0v) is 21.1. The van der Waals surface area contributed by atoms with Gasteiger partial charge in [-0.3, -0.25) is 4.79 Å². The fraction of sp³-hybridized carbons (Fsp3) is 0.158. The van der Waals surface area contributed by atoms with E-state index in [1.807, 2.05) is 5.38 Å². The maximum Gasteiger partial charge on any atom is 0.180 e. The lowest BCUT2D eigenvalue weighted by Gasteiger charge is -2.08. The number of ether oxygens (including phenoxy) is 2. The summed E-state index contributed by atoms with van der Waals surface area (Å²) in [5.41, 5.74) is 7.43. The third kappa shape index (κ3) is 6.15. The van der Waals surface area contributed by atoms with Crippen LogP contribution in [0.5, 0.6) is 11.5 Å². The van der Waals surface area contributed by atoms with Crippen LogP contribution in [0.3, 0.4) is 0 Å². The smallest absolute Gasteiger partial charge is 0.180 e. The summed E-state index contributed by atoms with van der Waals surface area (Å²) < 4.78 is 10.2. The summed E-state index contributed by atoms with van der Waals surface area (Å²) in [7, 11) is 3.01. The highest BCUT2D eigenvalue weighted by atomic mass is 79.9. The fourth-order valence-corrected chi connectivity index (χ4v) is 4.42. The van der Waals surface area contributed by atoms with Gasteiger partial charge in [0.2, 0.25) is 0 Å². The lowest BCUT2D eigenvalue weighted by atomic mass is 10.1. The highest BCUT2D eigenvalue weighted by Gasteiger charge is 2.15. The van der Waals surface area contributed by atoms with Gasteiger partial charge in [0.15, 0.2) is 10.9 Å². The molecule has 2 aromatic carbocycles. The molecule has 0 aliphatic rings. The molecule has 0 aliphatic heterocycles. The molecule has 0 aliphatic carbocycles. The minimum absolute atomic E-state index is 0.119. The van der Waals surface area contributed by atoms with Gasteiger partial charge in [0.1, 0.15) is 11.5 Å². The van der Waals surface area contributed by atoms with Crippen molar-refractivity contribution in [1.82, 2.24) is 4.98 Å². The van der Waals surface area contributed by atoms with Crippen molar-refractivity contribution in [3.8, 4) is 22.8 Å². The topological polar surface area (TPSA) is 74.4 Å². The molecule has 0 amide bonds.